The maximum absolute atomic E-state index is 13.8. The van der Waals surface area contributed by atoms with Crippen molar-refractivity contribution < 1.29 is 18.6 Å². The Hall–Kier alpha value is -1.46. The summed E-state index contributed by atoms with van der Waals surface area (Å²) in [5.41, 5.74) is 1.98. The lowest BCUT2D eigenvalue weighted by Crippen LogP contribution is -1.96. The van der Waals surface area contributed by atoms with Crippen LogP contribution in [0.2, 0.25) is 0 Å². The molecule has 0 aromatic heterocycles. The monoisotopic (exact) mass is 342 g/mol. The van der Waals surface area contributed by atoms with Gasteiger partial charge in [-0.15, -0.1) is 0 Å². The van der Waals surface area contributed by atoms with Crippen LogP contribution in [-0.2, 0) is 6.61 Å². The van der Waals surface area contributed by atoms with Crippen LogP contribution in [0.15, 0.2) is 28.7 Å². The zero-order valence-corrected chi connectivity index (χ0v) is 12.6. The summed E-state index contributed by atoms with van der Waals surface area (Å²) < 4.78 is 33.8. The third kappa shape index (κ3) is 2.99. The smallest absolute Gasteiger partial charge is 0.198 e. The first-order chi connectivity index (χ1) is 9.42. The standard InChI is InChI=1S/C15H13BrF2O2/c1-8-3-11(4-9(2)14(8)16)20-15-12(17)5-10(7-19)6-13(15)18/h3-6,19H,7H2,1-2H3. The van der Waals surface area contributed by atoms with Crippen LogP contribution in [0, 0.1) is 25.5 Å². The van der Waals surface area contributed by atoms with E-state index in [4.69, 9.17) is 9.84 Å². The van der Waals surface area contributed by atoms with E-state index in [1.807, 2.05) is 13.8 Å². The predicted octanol–water partition coefficient (Wildman–Crippen LogP) is 4.63. The molecule has 0 amide bonds. The Bertz CT molecular complexity index is 610. The van der Waals surface area contributed by atoms with Crippen LogP contribution in [0.5, 0.6) is 11.5 Å². The topological polar surface area (TPSA) is 29.5 Å². The number of hydrogen-bond acceptors (Lipinski definition) is 2. The predicted molar refractivity (Wildman–Crippen MR) is 76.0 cm³/mol. The van der Waals surface area contributed by atoms with Crippen LogP contribution in [0.3, 0.4) is 0 Å². The number of hydrogen-bond donors (Lipinski definition) is 1. The van der Waals surface area contributed by atoms with E-state index < -0.39 is 24.0 Å². The molecule has 0 fully saturated rings. The largest absolute Gasteiger partial charge is 0.451 e. The normalized spacial score (nSPS) is 10.7. The maximum Gasteiger partial charge on any atom is 0.198 e. The van der Waals surface area contributed by atoms with Crippen LogP contribution in [0.1, 0.15) is 16.7 Å². The molecule has 0 unspecified atom stereocenters. The lowest BCUT2D eigenvalue weighted by molar-refractivity contribution is 0.279. The summed E-state index contributed by atoms with van der Waals surface area (Å²) in [6.45, 7) is 3.31. The molecule has 106 valence electrons. The van der Waals surface area contributed by atoms with Crippen molar-refractivity contribution in [2.24, 2.45) is 0 Å². The number of aliphatic hydroxyl groups excluding tert-OH is 1. The van der Waals surface area contributed by atoms with Gasteiger partial charge in [-0.2, -0.15) is 0 Å². The van der Waals surface area contributed by atoms with Gasteiger partial charge in [0.1, 0.15) is 5.75 Å². The van der Waals surface area contributed by atoms with E-state index in [-0.39, 0.29) is 5.56 Å². The summed E-state index contributed by atoms with van der Waals surface area (Å²) >= 11 is 3.42. The second kappa shape index (κ2) is 5.89. The fourth-order valence-electron chi connectivity index (χ4n) is 1.88. The van der Waals surface area contributed by atoms with Gasteiger partial charge in [0.05, 0.1) is 6.61 Å². The van der Waals surface area contributed by atoms with Crippen molar-refractivity contribution in [3.63, 3.8) is 0 Å². The molecule has 0 bridgehead atoms. The van der Waals surface area contributed by atoms with Gasteiger partial charge in [0.15, 0.2) is 17.4 Å². The van der Waals surface area contributed by atoms with Gasteiger partial charge in [-0.05, 0) is 54.8 Å². The molecule has 2 nitrogen and oxygen atoms in total. The third-order valence-electron chi connectivity index (χ3n) is 2.87. The highest BCUT2D eigenvalue weighted by molar-refractivity contribution is 9.10. The van der Waals surface area contributed by atoms with Crippen molar-refractivity contribution in [1.82, 2.24) is 0 Å². The number of aliphatic hydroxyl groups is 1. The molecule has 0 spiro atoms. The summed E-state index contributed by atoms with van der Waals surface area (Å²) in [7, 11) is 0. The molecule has 0 aliphatic heterocycles. The van der Waals surface area contributed by atoms with Crippen LogP contribution in [0.25, 0.3) is 0 Å². The van der Waals surface area contributed by atoms with Crippen LogP contribution < -0.4 is 4.74 Å². The first-order valence-corrected chi connectivity index (χ1v) is 6.75. The molecule has 2 aromatic rings. The van der Waals surface area contributed by atoms with Crippen molar-refractivity contribution in [2.45, 2.75) is 20.5 Å². The lowest BCUT2D eigenvalue weighted by Gasteiger charge is -2.12. The number of benzene rings is 2. The third-order valence-corrected chi connectivity index (χ3v) is 4.12. The number of halogens is 3. The zero-order valence-electron chi connectivity index (χ0n) is 11.0. The first kappa shape index (κ1) is 14.9. The molecule has 0 radical (unpaired) electrons. The second-order valence-corrected chi connectivity index (χ2v) is 5.31. The SMILES string of the molecule is Cc1cc(Oc2c(F)cc(CO)cc2F)cc(C)c1Br. The summed E-state index contributed by atoms with van der Waals surface area (Å²) in [6, 6.07) is 5.49. The second-order valence-electron chi connectivity index (χ2n) is 4.52. The lowest BCUT2D eigenvalue weighted by atomic mass is 10.1. The highest BCUT2D eigenvalue weighted by Gasteiger charge is 2.14. The maximum atomic E-state index is 13.8. The van der Waals surface area contributed by atoms with Crippen molar-refractivity contribution in [3.05, 3.63) is 57.1 Å². The van der Waals surface area contributed by atoms with Gasteiger partial charge >= 0.3 is 0 Å². The molecule has 0 heterocycles. The summed E-state index contributed by atoms with van der Waals surface area (Å²) in [5, 5.41) is 8.89. The fourth-order valence-corrected chi connectivity index (χ4v) is 2.11. The van der Waals surface area contributed by atoms with Crippen molar-refractivity contribution >= 4 is 15.9 Å². The summed E-state index contributed by atoms with van der Waals surface area (Å²) in [4.78, 5) is 0. The van der Waals surface area contributed by atoms with Gasteiger partial charge in [0.2, 0.25) is 0 Å². The Labute approximate surface area is 124 Å². The Kier molecular flexibility index (Phi) is 4.40. The molecule has 0 aliphatic carbocycles. The Morgan fingerprint density at radius 1 is 1.05 bits per heavy atom. The van der Waals surface area contributed by atoms with E-state index in [9.17, 15) is 8.78 Å². The van der Waals surface area contributed by atoms with E-state index in [1.54, 1.807) is 12.1 Å². The van der Waals surface area contributed by atoms with Crippen LogP contribution in [-0.4, -0.2) is 5.11 Å². The van der Waals surface area contributed by atoms with E-state index in [2.05, 4.69) is 15.9 Å². The number of ether oxygens (including phenoxy) is 1. The van der Waals surface area contributed by atoms with E-state index in [0.29, 0.717) is 5.75 Å². The molecular weight excluding hydrogens is 330 g/mol. The van der Waals surface area contributed by atoms with Crippen LogP contribution in [0.4, 0.5) is 8.78 Å². The van der Waals surface area contributed by atoms with E-state index >= 15 is 0 Å². The number of rotatable bonds is 3. The quantitative estimate of drug-likeness (QED) is 0.881. The van der Waals surface area contributed by atoms with Gasteiger partial charge in [0, 0.05) is 4.47 Å². The summed E-state index contributed by atoms with van der Waals surface area (Å²) in [6.07, 6.45) is 0. The van der Waals surface area contributed by atoms with Gasteiger partial charge in [-0.25, -0.2) is 8.78 Å². The average Bonchev–Trinajstić information content (AvgIpc) is 2.39. The zero-order chi connectivity index (χ0) is 14.9. The van der Waals surface area contributed by atoms with Crippen molar-refractivity contribution in [2.75, 3.05) is 0 Å². The minimum Gasteiger partial charge on any atom is -0.451 e. The molecule has 0 saturated carbocycles. The Balaban J connectivity index is 2.40. The Morgan fingerprint density at radius 3 is 2.00 bits per heavy atom. The van der Waals surface area contributed by atoms with Gasteiger partial charge in [-0.1, -0.05) is 15.9 Å². The van der Waals surface area contributed by atoms with Crippen LogP contribution >= 0.6 is 15.9 Å². The van der Waals surface area contributed by atoms with Crippen molar-refractivity contribution in [3.8, 4) is 11.5 Å². The average molecular weight is 343 g/mol. The molecule has 0 aliphatic rings. The first-order valence-electron chi connectivity index (χ1n) is 5.95. The van der Waals surface area contributed by atoms with Crippen molar-refractivity contribution in [1.29, 1.82) is 0 Å². The molecule has 2 aromatic carbocycles. The molecular formula is C15H13BrF2O2. The molecule has 0 saturated heterocycles. The molecule has 0 atom stereocenters. The molecule has 2 rings (SSSR count). The highest BCUT2D eigenvalue weighted by Crippen LogP contribution is 2.32. The molecule has 20 heavy (non-hydrogen) atoms. The van der Waals surface area contributed by atoms with Gasteiger partial charge in [0.25, 0.3) is 0 Å². The number of aryl methyl sites for hydroxylation is 2. The van der Waals surface area contributed by atoms with E-state index in [0.717, 1.165) is 27.7 Å². The highest BCUT2D eigenvalue weighted by atomic mass is 79.9. The van der Waals surface area contributed by atoms with Gasteiger partial charge in [-0.3, -0.25) is 0 Å². The van der Waals surface area contributed by atoms with Gasteiger partial charge < -0.3 is 9.84 Å². The summed E-state index contributed by atoms with van der Waals surface area (Å²) in [5.74, 6) is -1.79. The minimum absolute atomic E-state index is 0.163. The fraction of sp³-hybridized carbons (Fsp3) is 0.200. The minimum atomic E-state index is -0.840. The Morgan fingerprint density at radius 2 is 1.55 bits per heavy atom. The molecule has 5 heteroatoms. The van der Waals surface area contributed by atoms with E-state index in [1.165, 1.54) is 0 Å². The molecule has 1 N–H and O–H groups in total.